The van der Waals surface area contributed by atoms with Crippen LogP contribution in [0, 0.1) is 5.41 Å². The van der Waals surface area contributed by atoms with E-state index >= 15 is 0 Å². The molecule has 1 rings (SSSR count). The van der Waals surface area contributed by atoms with Crippen LogP contribution in [0.4, 0.5) is 0 Å². The minimum atomic E-state index is 0.340. The molecule has 2 heteroatoms. The Morgan fingerprint density at radius 1 is 0.769 bits per heavy atom. The molecular weight excluding hydrogens is 164 g/mol. The molecule has 78 valence electrons. The van der Waals surface area contributed by atoms with E-state index in [0.717, 1.165) is 12.8 Å². The average Bonchev–Trinajstić information content (AvgIpc) is 2.87. The van der Waals surface area contributed by atoms with Crippen LogP contribution in [0.3, 0.4) is 0 Å². The summed E-state index contributed by atoms with van der Waals surface area (Å²) >= 11 is 0. The van der Waals surface area contributed by atoms with E-state index in [-0.39, 0.29) is 0 Å². The zero-order valence-corrected chi connectivity index (χ0v) is 8.47. The first-order valence-electron chi connectivity index (χ1n) is 5.55. The van der Waals surface area contributed by atoms with E-state index in [1.807, 2.05) is 0 Å². The summed E-state index contributed by atoms with van der Waals surface area (Å²) in [4.78, 5) is 0. The van der Waals surface area contributed by atoms with Crippen molar-refractivity contribution in [3.8, 4) is 0 Å². The van der Waals surface area contributed by atoms with Crippen LogP contribution in [-0.2, 0) is 0 Å². The fraction of sp³-hybridized carbons (Fsp3) is 1.00. The minimum absolute atomic E-state index is 0.340. The van der Waals surface area contributed by atoms with Gasteiger partial charge in [-0.2, -0.15) is 0 Å². The van der Waals surface area contributed by atoms with E-state index in [4.69, 9.17) is 10.2 Å². The Bertz CT molecular complexity index is 118. The molecule has 0 aliphatic heterocycles. The smallest absolute Gasteiger partial charge is 0.0431 e. The first-order chi connectivity index (χ1) is 6.33. The normalized spacial score (nSPS) is 18.9. The molecule has 0 radical (unpaired) electrons. The minimum Gasteiger partial charge on any atom is -0.396 e. The van der Waals surface area contributed by atoms with Gasteiger partial charge in [-0.05, 0) is 43.9 Å². The van der Waals surface area contributed by atoms with Crippen molar-refractivity contribution in [2.75, 3.05) is 13.2 Å². The molecule has 0 aromatic heterocycles. The van der Waals surface area contributed by atoms with Crippen molar-refractivity contribution in [3.05, 3.63) is 0 Å². The van der Waals surface area contributed by atoms with E-state index in [1.165, 1.54) is 38.5 Å². The van der Waals surface area contributed by atoms with E-state index in [9.17, 15) is 0 Å². The van der Waals surface area contributed by atoms with Gasteiger partial charge >= 0.3 is 0 Å². The molecular formula is C11H22O2. The number of aliphatic hydroxyl groups excluding tert-OH is 2. The largest absolute Gasteiger partial charge is 0.396 e. The number of unbranched alkanes of at least 4 members (excludes halogenated alkanes) is 2. The van der Waals surface area contributed by atoms with Crippen molar-refractivity contribution in [3.63, 3.8) is 0 Å². The summed E-state index contributed by atoms with van der Waals surface area (Å²) in [6.07, 6.45) is 9.61. The molecule has 0 unspecified atom stereocenters. The van der Waals surface area contributed by atoms with Gasteiger partial charge in [0.15, 0.2) is 0 Å². The first kappa shape index (κ1) is 11.0. The number of hydrogen-bond acceptors (Lipinski definition) is 2. The zero-order chi connectivity index (χ0) is 9.57. The van der Waals surface area contributed by atoms with Crippen LogP contribution in [0.25, 0.3) is 0 Å². The third kappa shape index (κ3) is 4.10. The Hall–Kier alpha value is -0.0800. The number of aliphatic hydroxyl groups is 2. The SMILES string of the molecule is OCCCCC1(CCCCO)CC1. The van der Waals surface area contributed by atoms with Crippen LogP contribution in [0.2, 0.25) is 0 Å². The fourth-order valence-electron chi connectivity index (χ4n) is 2.03. The summed E-state index contributed by atoms with van der Waals surface area (Å²) < 4.78 is 0. The van der Waals surface area contributed by atoms with Gasteiger partial charge in [0.05, 0.1) is 0 Å². The lowest BCUT2D eigenvalue weighted by Gasteiger charge is -2.13. The van der Waals surface area contributed by atoms with Crippen LogP contribution in [0.1, 0.15) is 51.4 Å². The van der Waals surface area contributed by atoms with Crippen LogP contribution in [0.5, 0.6) is 0 Å². The van der Waals surface area contributed by atoms with Crippen molar-refractivity contribution in [1.82, 2.24) is 0 Å². The summed E-state index contributed by atoms with van der Waals surface area (Å²) in [5.74, 6) is 0. The topological polar surface area (TPSA) is 40.5 Å². The standard InChI is InChI=1S/C11H22O2/c12-9-3-1-5-11(7-8-11)6-2-4-10-13/h12-13H,1-10H2. The maximum absolute atomic E-state index is 8.66. The van der Waals surface area contributed by atoms with Crippen molar-refractivity contribution < 1.29 is 10.2 Å². The Balaban J connectivity index is 2.01. The fourth-order valence-corrected chi connectivity index (χ4v) is 2.03. The second-order valence-corrected chi connectivity index (χ2v) is 4.36. The highest BCUT2D eigenvalue weighted by atomic mass is 16.3. The molecule has 0 atom stereocenters. The number of rotatable bonds is 8. The maximum Gasteiger partial charge on any atom is 0.0431 e. The third-order valence-corrected chi connectivity index (χ3v) is 3.19. The van der Waals surface area contributed by atoms with Crippen molar-refractivity contribution in [2.45, 2.75) is 51.4 Å². The molecule has 0 spiro atoms. The highest BCUT2D eigenvalue weighted by Crippen LogP contribution is 2.53. The Morgan fingerprint density at radius 2 is 1.23 bits per heavy atom. The van der Waals surface area contributed by atoms with E-state index in [1.54, 1.807) is 0 Å². The van der Waals surface area contributed by atoms with Gasteiger partial charge < -0.3 is 10.2 Å². The maximum atomic E-state index is 8.66. The molecule has 2 N–H and O–H groups in total. The van der Waals surface area contributed by atoms with Crippen molar-refractivity contribution in [2.24, 2.45) is 5.41 Å². The second kappa shape index (κ2) is 5.61. The summed E-state index contributed by atoms with van der Waals surface area (Å²) in [7, 11) is 0. The van der Waals surface area contributed by atoms with Gasteiger partial charge in [0.1, 0.15) is 0 Å². The molecule has 2 nitrogen and oxygen atoms in total. The summed E-state index contributed by atoms with van der Waals surface area (Å²) in [6, 6.07) is 0. The van der Waals surface area contributed by atoms with E-state index in [2.05, 4.69) is 0 Å². The molecule has 1 saturated carbocycles. The van der Waals surface area contributed by atoms with Gasteiger partial charge in [-0.15, -0.1) is 0 Å². The predicted molar refractivity (Wildman–Crippen MR) is 53.5 cm³/mol. The van der Waals surface area contributed by atoms with Crippen molar-refractivity contribution >= 4 is 0 Å². The Kier molecular flexibility index (Phi) is 4.74. The molecule has 1 aliphatic carbocycles. The monoisotopic (exact) mass is 186 g/mol. The molecule has 1 aliphatic rings. The average molecular weight is 186 g/mol. The molecule has 0 amide bonds. The van der Waals surface area contributed by atoms with Crippen LogP contribution in [-0.4, -0.2) is 23.4 Å². The van der Waals surface area contributed by atoms with Crippen LogP contribution >= 0.6 is 0 Å². The van der Waals surface area contributed by atoms with Crippen LogP contribution in [0.15, 0.2) is 0 Å². The summed E-state index contributed by atoms with van der Waals surface area (Å²) in [6.45, 7) is 0.680. The lowest BCUT2D eigenvalue weighted by molar-refractivity contribution is 0.263. The zero-order valence-electron chi connectivity index (χ0n) is 8.47. The highest BCUT2D eigenvalue weighted by Gasteiger charge is 2.40. The molecule has 0 bridgehead atoms. The lowest BCUT2D eigenvalue weighted by atomic mass is 9.93. The van der Waals surface area contributed by atoms with Crippen LogP contribution < -0.4 is 0 Å². The van der Waals surface area contributed by atoms with Gasteiger partial charge in [-0.3, -0.25) is 0 Å². The van der Waals surface area contributed by atoms with Gasteiger partial charge in [-0.1, -0.05) is 12.8 Å². The van der Waals surface area contributed by atoms with Crippen molar-refractivity contribution in [1.29, 1.82) is 0 Å². The lowest BCUT2D eigenvalue weighted by Crippen LogP contribution is -2.01. The highest BCUT2D eigenvalue weighted by molar-refractivity contribution is 4.92. The second-order valence-electron chi connectivity index (χ2n) is 4.36. The van der Waals surface area contributed by atoms with Gasteiger partial charge in [0.2, 0.25) is 0 Å². The molecule has 0 heterocycles. The molecule has 0 saturated heterocycles. The summed E-state index contributed by atoms with van der Waals surface area (Å²) in [5.41, 5.74) is 0.629. The predicted octanol–water partition coefficient (Wildman–Crippen LogP) is 2.09. The number of hydrogen-bond donors (Lipinski definition) is 2. The van der Waals surface area contributed by atoms with Gasteiger partial charge in [0.25, 0.3) is 0 Å². The quantitative estimate of drug-likeness (QED) is 0.570. The molecule has 0 aromatic carbocycles. The first-order valence-corrected chi connectivity index (χ1v) is 5.55. The molecule has 13 heavy (non-hydrogen) atoms. The van der Waals surface area contributed by atoms with E-state index < -0.39 is 0 Å². The summed E-state index contributed by atoms with van der Waals surface area (Å²) in [5, 5.41) is 17.3. The van der Waals surface area contributed by atoms with Gasteiger partial charge in [0, 0.05) is 13.2 Å². The molecule has 1 fully saturated rings. The van der Waals surface area contributed by atoms with Gasteiger partial charge in [-0.25, -0.2) is 0 Å². The molecule has 0 aromatic rings. The Morgan fingerprint density at radius 3 is 1.54 bits per heavy atom. The van der Waals surface area contributed by atoms with E-state index in [0.29, 0.717) is 18.6 Å². The third-order valence-electron chi connectivity index (χ3n) is 3.19. The Labute approximate surface area is 81.0 Å².